The number of hydrogen-bond acceptors (Lipinski definition) is 6. The number of hydrogen-bond donors (Lipinski definition) is 2. The molecule has 0 radical (unpaired) electrons. The number of benzene rings is 2. The molecule has 1 aliphatic carbocycles. The van der Waals surface area contributed by atoms with Gasteiger partial charge in [-0.25, -0.2) is 4.79 Å². The molecule has 9 heteroatoms. The van der Waals surface area contributed by atoms with Gasteiger partial charge in [0.25, 0.3) is 0 Å². The lowest BCUT2D eigenvalue weighted by molar-refractivity contribution is -0.150. The Labute approximate surface area is 235 Å². The van der Waals surface area contributed by atoms with Gasteiger partial charge in [-0.3, -0.25) is 4.79 Å². The lowest BCUT2D eigenvalue weighted by atomic mass is 9.83. The molecule has 0 spiro atoms. The fourth-order valence-corrected chi connectivity index (χ4v) is 5.41. The molecule has 0 heterocycles. The molecule has 0 aromatic heterocycles. The van der Waals surface area contributed by atoms with E-state index in [4.69, 9.17) is 32.7 Å². The molecule has 1 saturated carbocycles. The highest BCUT2D eigenvalue weighted by Crippen LogP contribution is 2.34. The minimum Gasteiger partial charge on any atom is -0.459 e. The van der Waals surface area contributed by atoms with Gasteiger partial charge in [0.2, 0.25) is 5.91 Å². The number of ether oxygens (including phenoxy) is 2. The zero-order chi connectivity index (χ0) is 27.5. The van der Waals surface area contributed by atoms with Crippen molar-refractivity contribution in [1.29, 1.82) is 0 Å². The maximum atomic E-state index is 13.3. The number of carbonyl (C=O) groups excluding carboxylic acids is 2. The van der Waals surface area contributed by atoms with Gasteiger partial charge in [0, 0.05) is 13.0 Å². The van der Waals surface area contributed by atoms with Crippen LogP contribution < -0.4 is 5.32 Å². The van der Waals surface area contributed by atoms with Crippen molar-refractivity contribution in [2.45, 2.75) is 61.3 Å². The standard InChI is InChI=1S/C29H38Cl2N2O5/c1-33(2)15-9-10-16-37-27-23(30)18-22(26(34)25(27)31)28(35)32-24(17-20-11-5-3-6-12-20)29(36)38-19-21-13-7-4-8-14-21/h3-8,11-14,22-27,34H,9-10,15-19H2,1-2H3,(H,32,35)/t22?,23?,24-,25?,26?,27?/m0/s1. The van der Waals surface area contributed by atoms with E-state index in [-0.39, 0.29) is 19.4 Å². The van der Waals surface area contributed by atoms with Crippen molar-refractivity contribution in [2.75, 3.05) is 27.2 Å². The summed E-state index contributed by atoms with van der Waals surface area (Å²) in [5.74, 6) is -1.93. The Bertz CT molecular complexity index is 995. The lowest BCUT2D eigenvalue weighted by Crippen LogP contribution is -2.56. The van der Waals surface area contributed by atoms with Crippen LogP contribution in [0.3, 0.4) is 0 Å². The van der Waals surface area contributed by atoms with Crippen molar-refractivity contribution in [3.05, 3.63) is 71.8 Å². The predicted molar refractivity (Wildman–Crippen MR) is 149 cm³/mol. The number of unbranched alkanes of at least 4 members (excludes halogenated alkanes) is 1. The van der Waals surface area contributed by atoms with Crippen molar-refractivity contribution in [3.63, 3.8) is 0 Å². The molecule has 7 nitrogen and oxygen atoms in total. The van der Waals surface area contributed by atoms with Crippen LogP contribution in [0.1, 0.15) is 30.4 Å². The molecule has 38 heavy (non-hydrogen) atoms. The van der Waals surface area contributed by atoms with E-state index in [1.807, 2.05) is 74.8 Å². The minimum absolute atomic E-state index is 0.0912. The molecule has 208 valence electrons. The molecule has 1 aliphatic rings. The number of rotatable bonds is 13. The lowest BCUT2D eigenvalue weighted by Gasteiger charge is -2.39. The maximum absolute atomic E-state index is 13.3. The topological polar surface area (TPSA) is 88.1 Å². The number of esters is 1. The summed E-state index contributed by atoms with van der Waals surface area (Å²) in [6.45, 7) is 1.51. The Morgan fingerprint density at radius 1 is 1.03 bits per heavy atom. The number of nitrogens with one attached hydrogen (secondary N) is 1. The Balaban J connectivity index is 1.61. The van der Waals surface area contributed by atoms with E-state index in [1.165, 1.54) is 0 Å². The second kappa shape index (κ2) is 15.4. The Morgan fingerprint density at radius 2 is 1.66 bits per heavy atom. The number of aliphatic hydroxyl groups is 1. The third-order valence-electron chi connectivity index (χ3n) is 6.64. The third-order valence-corrected chi connectivity index (χ3v) is 7.58. The molecular weight excluding hydrogens is 527 g/mol. The van der Waals surface area contributed by atoms with E-state index in [2.05, 4.69) is 10.2 Å². The second-order valence-electron chi connectivity index (χ2n) is 9.98. The van der Waals surface area contributed by atoms with Gasteiger partial charge in [0.15, 0.2) is 0 Å². The van der Waals surface area contributed by atoms with E-state index < -0.39 is 46.8 Å². The summed E-state index contributed by atoms with van der Waals surface area (Å²) >= 11 is 13.1. The van der Waals surface area contributed by atoms with Crippen LogP contribution in [0.5, 0.6) is 0 Å². The van der Waals surface area contributed by atoms with Gasteiger partial charge in [-0.2, -0.15) is 0 Å². The van der Waals surface area contributed by atoms with Crippen LogP contribution in [0.4, 0.5) is 0 Å². The first-order chi connectivity index (χ1) is 18.3. The molecule has 0 saturated heterocycles. The predicted octanol–water partition coefficient (Wildman–Crippen LogP) is 3.78. The minimum atomic E-state index is -1.17. The first-order valence-corrected chi connectivity index (χ1v) is 13.9. The van der Waals surface area contributed by atoms with Gasteiger partial charge in [-0.1, -0.05) is 60.7 Å². The van der Waals surface area contributed by atoms with Gasteiger partial charge in [0.1, 0.15) is 12.6 Å². The summed E-state index contributed by atoms with van der Waals surface area (Å²) in [5, 5.41) is 12.3. The quantitative estimate of drug-likeness (QED) is 0.219. The van der Waals surface area contributed by atoms with Gasteiger partial charge >= 0.3 is 5.97 Å². The summed E-state index contributed by atoms with van der Waals surface area (Å²) in [7, 11) is 4.03. The normalized spacial score (nSPS) is 24.1. The van der Waals surface area contributed by atoms with Gasteiger partial charge in [-0.05, 0) is 51.0 Å². The number of nitrogens with zero attached hydrogens (tertiary/aromatic N) is 1. The molecular formula is C29H38Cl2N2O5. The fraction of sp³-hybridized carbons (Fsp3) is 0.517. The average Bonchev–Trinajstić information content (AvgIpc) is 2.91. The third kappa shape index (κ3) is 9.24. The summed E-state index contributed by atoms with van der Waals surface area (Å²) in [4.78, 5) is 28.4. The van der Waals surface area contributed by atoms with Crippen molar-refractivity contribution < 1.29 is 24.2 Å². The molecule has 5 unspecified atom stereocenters. The Morgan fingerprint density at radius 3 is 2.29 bits per heavy atom. The molecule has 1 amide bonds. The highest BCUT2D eigenvalue weighted by Gasteiger charge is 2.46. The molecule has 2 aromatic rings. The van der Waals surface area contributed by atoms with Crippen LogP contribution in [0.25, 0.3) is 0 Å². The van der Waals surface area contributed by atoms with Crippen LogP contribution in [-0.4, -0.2) is 78.1 Å². The zero-order valence-corrected chi connectivity index (χ0v) is 23.5. The highest BCUT2D eigenvalue weighted by molar-refractivity contribution is 6.25. The van der Waals surface area contributed by atoms with E-state index in [0.717, 1.165) is 30.5 Å². The van der Waals surface area contributed by atoms with Crippen LogP contribution in [0.15, 0.2) is 60.7 Å². The fourth-order valence-electron chi connectivity index (χ4n) is 4.49. The van der Waals surface area contributed by atoms with Crippen LogP contribution in [0, 0.1) is 5.92 Å². The summed E-state index contributed by atoms with van der Waals surface area (Å²) in [6, 6.07) is 17.8. The average molecular weight is 566 g/mol. The Hall–Kier alpha value is -2.16. The van der Waals surface area contributed by atoms with E-state index in [1.54, 1.807) is 0 Å². The monoisotopic (exact) mass is 564 g/mol. The molecule has 6 atom stereocenters. The van der Waals surface area contributed by atoms with Gasteiger partial charge < -0.3 is 24.8 Å². The van der Waals surface area contributed by atoms with E-state index >= 15 is 0 Å². The number of aliphatic hydroxyl groups excluding tert-OH is 1. The van der Waals surface area contributed by atoms with Gasteiger partial charge in [0.05, 0.1) is 28.9 Å². The van der Waals surface area contributed by atoms with E-state index in [0.29, 0.717) is 6.61 Å². The maximum Gasteiger partial charge on any atom is 0.329 e. The first kappa shape index (κ1) is 30.4. The first-order valence-electron chi connectivity index (χ1n) is 13.0. The smallest absolute Gasteiger partial charge is 0.329 e. The summed E-state index contributed by atoms with van der Waals surface area (Å²) in [6.07, 6.45) is 0.488. The number of halogens is 2. The van der Waals surface area contributed by atoms with Crippen molar-refractivity contribution in [1.82, 2.24) is 10.2 Å². The van der Waals surface area contributed by atoms with Gasteiger partial charge in [-0.15, -0.1) is 23.2 Å². The molecule has 2 aromatic carbocycles. The summed E-state index contributed by atoms with van der Waals surface area (Å²) in [5.41, 5.74) is 1.71. The number of carbonyl (C=O) groups is 2. The number of alkyl halides is 2. The summed E-state index contributed by atoms with van der Waals surface area (Å²) < 4.78 is 11.4. The van der Waals surface area contributed by atoms with Crippen LogP contribution in [0.2, 0.25) is 0 Å². The largest absolute Gasteiger partial charge is 0.459 e. The number of amides is 1. The van der Waals surface area contributed by atoms with Crippen molar-refractivity contribution in [3.8, 4) is 0 Å². The van der Waals surface area contributed by atoms with Crippen molar-refractivity contribution >= 4 is 35.1 Å². The molecule has 1 fully saturated rings. The highest BCUT2D eigenvalue weighted by atomic mass is 35.5. The molecule has 2 N–H and O–H groups in total. The Kier molecular flexibility index (Phi) is 12.3. The van der Waals surface area contributed by atoms with Crippen LogP contribution >= 0.6 is 23.2 Å². The van der Waals surface area contributed by atoms with E-state index in [9.17, 15) is 14.7 Å². The second-order valence-corrected chi connectivity index (χ2v) is 11.0. The van der Waals surface area contributed by atoms with Crippen molar-refractivity contribution in [2.24, 2.45) is 5.92 Å². The SMILES string of the molecule is CN(C)CCCCOC1C(Cl)CC(C(=O)N[C@@H](Cc2ccccc2)C(=O)OCc2ccccc2)C(O)C1Cl. The zero-order valence-electron chi connectivity index (χ0n) is 22.0. The van der Waals surface area contributed by atoms with Crippen LogP contribution in [-0.2, 0) is 32.1 Å². The molecule has 0 aliphatic heterocycles. The molecule has 0 bridgehead atoms. The molecule has 3 rings (SSSR count).